The van der Waals surface area contributed by atoms with Crippen molar-refractivity contribution in [1.82, 2.24) is 0 Å². The SMILES string of the molecule is CS(=O)(=O)Nc1cccc(/C=C2\c3ccccc3CCc3c(F)cccc32)c1. The van der Waals surface area contributed by atoms with Gasteiger partial charge in [-0.25, -0.2) is 12.8 Å². The first-order valence-corrected chi connectivity index (χ1v) is 11.0. The zero-order valence-electron chi connectivity index (χ0n) is 15.4. The second kappa shape index (κ2) is 7.24. The molecule has 3 aromatic carbocycles. The third-order valence-corrected chi connectivity index (χ3v) is 5.47. The van der Waals surface area contributed by atoms with Gasteiger partial charge in [-0.1, -0.05) is 48.5 Å². The predicted molar refractivity (Wildman–Crippen MR) is 112 cm³/mol. The molecule has 0 amide bonds. The first kappa shape index (κ1) is 18.4. The van der Waals surface area contributed by atoms with Crippen molar-refractivity contribution in [1.29, 1.82) is 0 Å². The normalized spacial score (nSPS) is 14.9. The molecule has 28 heavy (non-hydrogen) atoms. The molecular weight excluding hydrogens is 373 g/mol. The van der Waals surface area contributed by atoms with Crippen LogP contribution in [0.4, 0.5) is 10.1 Å². The molecule has 0 atom stereocenters. The van der Waals surface area contributed by atoms with E-state index >= 15 is 0 Å². The second-order valence-electron chi connectivity index (χ2n) is 6.98. The quantitative estimate of drug-likeness (QED) is 0.689. The summed E-state index contributed by atoms with van der Waals surface area (Å²) in [6, 6.07) is 20.5. The van der Waals surface area contributed by atoms with Gasteiger partial charge < -0.3 is 0 Å². The number of sulfonamides is 1. The fourth-order valence-electron chi connectivity index (χ4n) is 3.70. The Balaban J connectivity index is 1.89. The van der Waals surface area contributed by atoms with Crippen molar-refractivity contribution in [3.05, 3.63) is 100 Å². The number of hydrogen-bond acceptors (Lipinski definition) is 2. The van der Waals surface area contributed by atoms with Gasteiger partial charge in [0.15, 0.2) is 0 Å². The molecule has 1 N–H and O–H groups in total. The van der Waals surface area contributed by atoms with Crippen LogP contribution in [0.25, 0.3) is 11.6 Å². The number of fused-ring (bicyclic) bond motifs is 2. The van der Waals surface area contributed by atoms with Gasteiger partial charge in [-0.05, 0) is 70.5 Å². The maximum Gasteiger partial charge on any atom is 0.229 e. The molecule has 3 aromatic rings. The first-order chi connectivity index (χ1) is 13.4. The lowest BCUT2D eigenvalue weighted by Gasteiger charge is -2.13. The Kier molecular flexibility index (Phi) is 4.77. The molecule has 0 radical (unpaired) electrons. The van der Waals surface area contributed by atoms with Gasteiger partial charge in [-0.2, -0.15) is 0 Å². The third kappa shape index (κ3) is 3.85. The highest BCUT2D eigenvalue weighted by molar-refractivity contribution is 7.92. The summed E-state index contributed by atoms with van der Waals surface area (Å²) >= 11 is 0. The van der Waals surface area contributed by atoms with Crippen LogP contribution >= 0.6 is 0 Å². The van der Waals surface area contributed by atoms with Crippen LogP contribution in [0.2, 0.25) is 0 Å². The van der Waals surface area contributed by atoms with Gasteiger partial charge in [-0.15, -0.1) is 0 Å². The minimum absolute atomic E-state index is 0.191. The standard InChI is InChI=1S/C23H20FNO2S/c1-28(26,27)25-18-8-4-6-16(14-18)15-22-19-9-3-2-7-17(19)12-13-21-20(22)10-5-11-23(21)24/h2-11,14-15,25H,12-13H2,1H3/b22-15+. The number of halogens is 1. The van der Waals surface area contributed by atoms with Gasteiger partial charge in [0.1, 0.15) is 5.82 Å². The largest absolute Gasteiger partial charge is 0.284 e. The van der Waals surface area contributed by atoms with Crippen LogP contribution in [-0.4, -0.2) is 14.7 Å². The molecule has 5 heteroatoms. The molecule has 0 bridgehead atoms. The predicted octanol–water partition coefficient (Wildman–Crippen LogP) is 4.88. The van der Waals surface area contributed by atoms with E-state index in [1.807, 2.05) is 30.3 Å². The number of hydrogen-bond donors (Lipinski definition) is 1. The van der Waals surface area contributed by atoms with E-state index in [2.05, 4.69) is 16.9 Å². The molecule has 0 aliphatic heterocycles. The Labute approximate surface area is 164 Å². The van der Waals surface area contributed by atoms with Gasteiger partial charge in [0.25, 0.3) is 0 Å². The Morgan fingerprint density at radius 2 is 1.68 bits per heavy atom. The summed E-state index contributed by atoms with van der Waals surface area (Å²) in [5, 5.41) is 0. The van der Waals surface area contributed by atoms with Crippen LogP contribution in [0, 0.1) is 5.82 Å². The maximum atomic E-state index is 14.5. The second-order valence-corrected chi connectivity index (χ2v) is 8.73. The van der Waals surface area contributed by atoms with Crippen LogP contribution in [-0.2, 0) is 22.9 Å². The van der Waals surface area contributed by atoms with E-state index in [-0.39, 0.29) is 5.82 Å². The third-order valence-electron chi connectivity index (χ3n) is 4.86. The number of benzene rings is 3. The monoisotopic (exact) mass is 393 g/mol. The van der Waals surface area contributed by atoms with Crippen LogP contribution in [0.1, 0.15) is 27.8 Å². The molecule has 0 unspecified atom stereocenters. The van der Waals surface area contributed by atoms with Crippen molar-refractivity contribution in [3.8, 4) is 0 Å². The summed E-state index contributed by atoms with van der Waals surface area (Å²) in [4.78, 5) is 0. The summed E-state index contributed by atoms with van der Waals surface area (Å²) in [6.07, 6.45) is 4.54. The summed E-state index contributed by atoms with van der Waals surface area (Å²) in [7, 11) is -3.36. The Hall–Kier alpha value is -2.92. The molecule has 0 spiro atoms. The van der Waals surface area contributed by atoms with E-state index in [9.17, 15) is 12.8 Å². The summed E-state index contributed by atoms with van der Waals surface area (Å²) in [5.41, 5.74) is 6.14. The molecule has 3 nitrogen and oxygen atoms in total. The van der Waals surface area contributed by atoms with Crippen molar-refractivity contribution in [2.24, 2.45) is 0 Å². The molecule has 0 aromatic heterocycles. The first-order valence-electron chi connectivity index (χ1n) is 9.06. The average molecular weight is 393 g/mol. The smallest absolute Gasteiger partial charge is 0.229 e. The fraction of sp³-hybridized carbons (Fsp3) is 0.130. The van der Waals surface area contributed by atoms with E-state index in [1.54, 1.807) is 24.3 Å². The van der Waals surface area contributed by atoms with Crippen molar-refractivity contribution in [2.75, 3.05) is 11.0 Å². The van der Waals surface area contributed by atoms with E-state index in [4.69, 9.17) is 0 Å². The van der Waals surface area contributed by atoms with Gasteiger partial charge >= 0.3 is 0 Å². The zero-order chi connectivity index (χ0) is 19.7. The Bertz CT molecular complexity index is 1180. The minimum Gasteiger partial charge on any atom is -0.284 e. The molecule has 1 aliphatic carbocycles. The number of nitrogens with one attached hydrogen (secondary N) is 1. The summed E-state index contributed by atoms with van der Waals surface area (Å²) in [6.45, 7) is 0. The van der Waals surface area contributed by atoms with E-state index < -0.39 is 10.0 Å². The van der Waals surface area contributed by atoms with E-state index in [1.165, 1.54) is 11.6 Å². The van der Waals surface area contributed by atoms with Crippen LogP contribution in [0.3, 0.4) is 0 Å². The molecule has 0 fully saturated rings. The van der Waals surface area contributed by atoms with Crippen LogP contribution in [0.15, 0.2) is 66.7 Å². The van der Waals surface area contributed by atoms with Crippen molar-refractivity contribution >= 4 is 27.4 Å². The summed E-state index contributed by atoms with van der Waals surface area (Å²) in [5.74, 6) is -0.191. The van der Waals surface area contributed by atoms with Gasteiger partial charge in [0.05, 0.1) is 6.26 Å². The Morgan fingerprint density at radius 3 is 2.50 bits per heavy atom. The highest BCUT2D eigenvalue weighted by Gasteiger charge is 2.20. The number of anilines is 1. The Morgan fingerprint density at radius 1 is 0.929 bits per heavy atom. The highest BCUT2D eigenvalue weighted by atomic mass is 32.2. The number of aryl methyl sites for hydroxylation is 1. The lowest BCUT2D eigenvalue weighted by Crippen LogP contribution is -2.09. The van der Waals surface area contributed by atoms with Crippen molar-refractivity contribution in [2.45, 2.75) is 12.8 Å². The molecule has 0 saturated carbocycles. The van der Waals surface area contributed by atoms with Crippen molar-refractivity contribution < 1.29 is 12.8 Å². The van der Waals surface area contributed by atoms with Crippen LogP contribution in [0.5, 0.6) is 0 Å². The zero-order valence-corrected chi connectivity index (χ0v) is 16.3. The molecule has 0 saturated heterocycles. The van der Waals surface area contributed by atoms with E-state index in [0.29, 0.717) is 12.1 Å². The maximum absolute atomic E-state index is 14.5. The minimum atomic E-state index is -3.36. The van der Waals surface area contributed by atoms with E-state index in [0.717, 1.165) is 40.5 Å². The molecule has 1 aliphatic rings. The van der Waals surface area contributed by atoms with Crippen LogP contribution < -0.4 is 4.72 Å². The van der Waals surface area contributed by atoms with Gasteiger partial charge in [-0.3, -0.25) is 4.72 Å². The molecular formula is C23H20FNO2S. The van der Waals surface area contributed by atoms with Crippen molar-refractivity contribution in [3.63, 3.8) is 0 Å². The topological polar surface area (TPSA) is 46.2 Å². The molecule has 4 rings (SSSR count). The average Bonchev–Trinajstić information content (AvgIpc) is 2.79. The fourth-order valence-corrected chi connectivity index (χ4v) is 4.25. The molecule has 142 valence electrons. The number of rotatable bonds is 3. The van der Waals surface area contributed by atoms with Gasteiger partial charge in [0.2, 0.25) is 10.0 Å². The summed E-state index contributed by atoms with van der Waals surface area (Å²) < 4.78 is 40.1. The lowest BCUT2D eigenvalue weighted by molar-refractivity contribution is 0.606. The molecule has 0 heterocycles. The lowest BCUT2D eigenvalue weighted by atomic mass is 9.92. The van der Waals surface area contributed by atoms with Gasteiger partial charge in [0, 0.05) is 5.69 Å². The highest BCUT2D eigenvalue weighted by Crippen LogP contribution is 2.36.